The van der Waals surface area contributed by atoms with Gasteiger partial charge >= 0.3 is 0 Å². The minimum atomic E-state index is -0.302. The van der Waals surface area contributed by atoms with E-state index in [2.05, 4.69) is 41.5 Å². The van der Waals surface area contributed by atoms with Crippen molar-refractivity contribution in [1.29, 1.82) is 0 Å². The molecule has 0 bridgehead atoms. The number of aromatic nitrogens is 1. The van der Waals surface area contributed by atoms with Crippen LogP contribution in [0.15, 0.2) is 48.8 Å². The van der Waals surface area contributed by atoms with Crippen molar-refractivity contribution < 1.29 is 5.11 Å². The van der Waals surface area contributed by atoms with Crippen LogP contribution in [-0.4, -0.2) is 22.7 Å². The maximum atomic E-state index is 9.85. The van der Waals surface area contributed by atoms with Crippen LogP contribution in [0.5, 0.6) is 0 Å². The number of pyridine rings is 1. The quantitative estimate of drug-likeness (QED) is 0.854. The van der Waals surface area contributed by atoms with Gasteiger partial charge in [0.05, 0.1) is 6.10 Å². The minimum Gasteiger partial charge on any atom is -0.392 e. The first-order chi connectivity index (χ1) is 10.1. The van der Waals surface area contributed by atoms with Crippen molar-refractivity contribution in [3.05, 3.63) is 54.4 Å². The smallest absolute Gasteiger partial charge is 0.0687 e. The molecule has 0 aliphatic heterocycles. The van der Waals surface area contributed by atoms with E-state index >= 15 is 0 Å². The van der Waals surface area contributed by atoms with Crippen LogP contribution < -0.4 is 5.32 Å². The van der Waals surface area contributed by atoms with E-state index < -0.39 is 0 Å². The van der Waals surface area contributed by atoms with E-state index in [1.54, 1.807) is 12.4 Å². The summed E-state index contributed by atoms with van der Waals surface area (Å²) in [5.41, 5.74) is 3.59. The van der Waals surface area contributed by atoms with Gasteiger partial charge in [-0.2, -0.15) is 0 Å². The van der Waals surface area contributed by atoms with Crippen molar-refractivity contribution in [1.82, 2.24) is 10.3 Å². The molecule has 3 nitrogen and oxygen atoms in total. The summed E-state index contributed by atoms with van der Waals surface area (Å²) in [6.45, 7) is 6.79. The Labute approximate surface area is 127 Å². The van der Waals surface area contributed by atoms with Gasteiger partial charge < -0.3 is 10.4 Å². The zero-order chi connectivity index (χ0) is 15.2. The van der Waals surface area contributed by atoms with E-state index in [0.29, 0.717) is 6.54 Å². The summed E-state index contributed by atoms with van der Waals surface area (Å²) < 4.78 is 0. The Bertz CT molecular complexity index is 537. The lowest BCUT2D eigenvalue weighted by atomic mass is 10.0. The van der Waals surface area contributed by atoms with E-state index in [9.17, 15) is 5.11 Å². The van der Waals surface area contributed by atoms with Crippen molar-refractivity contribution >= 4 is 0 Å². The van der Waals surface area contributed by atoms with E-state index in [1.165, 1.54) is 16.7 Å². The average Bonchev–Trinajstić information content (AvgIpc) is 2.53. The first-order valence-corrected chi connectivity index (χ1v) is 7.49. The lowest BCUT2D eigenvalue weighted by molar-refractivity contribution is 0.120. The van der Waals surface area contributed by atoms with E-state index in [0.717, 1.165) is 0 Å². The molecule has 21 heavy (non-hydrogen) atoms. The Morgan fingerprint density at radius 3 is 2.10 bits per heavy atom. The van der Waals surface area contributed by atoms with Crippen molar-refractivity contribution in [2.24, 2.45) is 5.92 Å². The summed E-state index contributed by atoms with van der Waals surface area (Å²) in [6, 6.07) is 12.8. The van der Waals surface area contributed by atoms with Gasteiger partial charge in [-0.15, -0.1) is 0 Å². The standard InChI is InChI=1S/C18H24N2O/c1-13(2)18(21)12-20-14(3)15-4-6-16(7-5-15)17-8-10-19-11-9-17/h4-11,13-14,18,20-21H,12H2,1-3H3. The van der Waals surface area contributed by atoms with Gasteiger partial charge in [-0.05, 0) is 41.7 Å². The number of aliphatic hydroxyl groups excluding tert-OH is 1. The predicted molar refractivity (Wildman–Crippen MR) is 86.9 cm³/mol. The van der Waals surface area contributed by atoms with Gasteiger partial charge in [0, 0.05) is 25.0 Å². The van der Waals surface area contributed by atoms with Crippen LogP contribution >= 0.6 is 0 Å². The third-order valence-electron chi connectivity index (χ3n) is 3.83. The lowest BCUT2D eigenvalue weighted by Gasteiger charge is -2.20. The van der Waals surface area contributed by atoms with Crippen molar-refractivity contribution in [2.75, 3.05) is 6.54 Å². The SMILES string of the molecule is CC(NCC(O)C(C)C)c1ccc(-c2ccncc2)cc1. The highest BCUT2D eigenvalue weighted by atomic mass is 16.3. The maximum absolute atomic E-state index is 9.85. The fourth-order valence-electron chi connectivity index (χ4n) is 2.16. The summed E-state index contributed by atoms with van der Waals surface area (Å²) in [4.78, 5) is 4.04. The monoisotopic (exact) mass is 284 g/mol. The molecule has 2 atom stereocenters. The van der Waals surface area contributed by atoms with E-state index in [1.807, 2.05) is 26.0 Å². The third kappa shape index (κ3) is 4.38. The molecule has 3 heteroatoms. The van der Waals surface area contributed by atoms with Crippen LogP contribution in [0.25, 0.3) is 11.1 Å². The Morgan fingerprint density at radius 2 is 1.52 bits per heavy atom. The first-order valence-electron chi connectivity index (χ1n) is 7.49. The fourth-order valence-corrected chi connectivity index (χ4v) is 2.16. The molecule has 0 aliphatic carbocycles. The second-order valence-electron chi connectivity index (χ2n) is 5.80. The zero-order valence-electron chi connectivity index (χ0n) is 13.0. The number of aliphatic hydroxyl groups is 1. The van der Waals surface area contributed by atoms with Crippen molar-refractivity contribution in [3.8, 4) is 11.1 Å². The van der Waals surface area contributed by atoms with Crippen LogP contribution in [-0.2, 0) is 0 Å². The zero-order valence-corrected chi connectivity index (χ0v) is 13.0. The van der Waals surface area contributed by atoms with Gasteiger partial charge in [-0.3, -0.25) is 4.98 Å². The maximum Gasteiger partial charge on any atom is 0.0687 e. The van der Waals surface area contributed by atoms with Gasteiger partial charge in [0.2, 0.25) is 0 Å². The summed E-state index contributed by atoms with van der Waals surface area (Å²) in [5.74, 6) is 0.277. The molecule has 1 heterocycles. The van der Waals surface area contributed by atoms with Crippen LogP contribution in [0.2, 0.25) is 0 Å². The number of rotatable bonds is 6. The normalized spacial score (nSPS) is 14.1. The first kappa shape index (κ1) is 15.7. The Balaban J connectivity index is 1.99. The lowest BCUT2D eigenvalue weighted by Crippen LogP contribution is -2.32. The molecule has 0 spiro atoms. The summed E-state index contributed by atoms with van der Waals surface area (Å²) in [5, 5.41) is 13.2. The molecule has 0 saturated heterocycles. The largest absolute Gasteiger partial charge is 0.392 e. The number of nitrogens with one attached hydrogen (secondary N) is 1. The van der Waals surface area contributed by atoms with Crippen molar-refractivity contribution in [2.45, 2.75) is 32.9 Å². The number of hydrogen-bond acceptors (Lipinski definition) is 3. The molecule has 2 aromatic rings. The van der Waals surface area contributed by atoms with Gasteiger partial charge in [-0.1, -0.05) is 38.1 Å². The van der Waals surface area contributed by atoms with Crippen LogP contribution in [0.4, 0.5) is 0 Å². The van der Waals surface area contributed by atoms with Gasteiger partial charge in [0.25, 0.3) is 0 Å². The minimum absolute atomic E-state index is 0.227. The molecule has 2 rings (SSSR count). The molecule has 1 aromatic heterocycles. The average molecular weight is 284 g/mol. The topological polar surface area (TPSA) is 45.1 Å². The molecule has 0 amide bonds. The molecular weight excluding hydrogens is 260 g/mol. The van der Waals surface area contributed by atoms with Gasteiger partial charge in [-0.25, -0.2) is 0 Å². The second-order valence-corrected chi connectivity index (χ2v) is 5.80. The van der Waals surface area contributed by atoms with Gasteiger partial charge in [0.1, 0.15) is 0 Å². The fraction of sp³-hybridized carbons (Fsp3) is 0.389. The van der Waals surface area contributed by atoms with Crippen molar-refractivity contribution in [3.63, 3.8) is 0 Å². The van der Waals surface area contributed by atoms with E-state index in [-0.39, 0.29) is 18.1 Å². The van der Waals surface area contributed by atoms with Crippen LogP contribution in [0.3, 0.4) is 0 Å². The molecule has 0 fully saturated rings. The Morgan fingerprint density at radius 1 is 0.952 bits per heavy atom. The highest BCUT2D eigenvalue weighted by Crippen LogP contribution is 2.21. The molecule has 1 aromatic carbocycles. The molecule has 112 valence electrons. The summed E-state index contributed by atoms with van der Waals surface area (Å²) in [6.07, 6.45) is 3.31. The Kier molecular flexibility index (Phi) is 5.48. The highest BCUT2D eigenvalue weighted by molar-refractivity contribution is 5.62. The molecule has 2 unspecified atom stereocenters. The van der Waals surface area contributed by atoms with Crippen LogP contribution in [0, 0.1) is 5.92 Å². The second kappa shape index (κ2) is 7.34. The van der Waals surface area contributed by atoms with E-state index in [4.69, 9.17) is 0 Å². The van der Waals surface area contributed by atoms with Gasteiger partial charge in [0.15, 0.2) is 0 Å². The summed E-state index contributed by atoms with van der Waals surface area (Å²) in [7, 11) is 0. The molecule has 0 aliphatic rings. The molecule has 0 saturated carbocycles. The van der Waals surface area contributed by atoms with Crippen LogP contribution in [0.1, 0.15) is 32.4 Å². The molecule has 2 N–H and O–H groups in total. The summed E-state index contributed by atoms with van der Waals surface area (Å²) >= 11 is 0. The number of hydrogen-bond donors (Lipinski definition) is 2. The molecular formula is C18H24N2O. The Hall–Kier alpha value is -1.71. The third-order valence-corrected chi connectivity index (χ3v) is 3.83. The predicted octanol–water partition coefficient (Wildman–Crippen LogP) is 3.42. The molecule has 0 radical (unpaired) electrons. The number of nitrogens with zero attached hydrogens (tertiary/aromatic N) is 1. The highest BCUT2D eigenvalue weighted by Gasteiger charge is 2.11. The number of benzene rings is 1.